The first-order valence-corrected chi connectivity index (χ1v) is 4.17. The van der Waals surface area contributed by atoms with E-state index in [2.05, 4.69) is 6.58 Å². The van der Waals surface area contributed by atoms with Gasteiger partial charge in [-0.25, -0.2) is 0 Å². The molecule has 0 bridgehead atoms. The van der Waals surface area contributed by atoms with Gasteiger partial charge in [-0.05, 0) is 5.57 Å². The molecule has 0 aliphatic heterocycles. The summed E-state index contributed by atoms with van der Waals surface area (Å²) in [4.78, 5) is 0. The molecule has 1 rings (SSSR count). The second-order valence-corrected chi connectivity index (χ2v) is 3.96. The minimum Gasteiger partial charge on any atom is -0.390 e. The summed E-state index contributed by atoms with van der Waals surface area (Å²) in [6.07, 6.45) is 2.89. The third kappa shape index (κ3) is 1.59. The van der Waals surface area contributed by atoms with Crippen LogP contribution in [-0.2, 0) is 0 Å². The van der Waals surface area contributed by atoms with E-state index in [1.165, 1.54) is 0 Å². The Bertz CT molecular complexity index is 216. The van der Waals surface area contributed by atoms with Crippen LogP contribution in [0.1, 0.15) is 20.3 Å². The molecule has 2 atom stereocenters. The van der Waals surface area contributed by atoms with Crippen molar-refractivity contribution in [2.75, 3.05) is 0 Å². The first-order valence-electron chi connectivity index (χ1n) is 4.17. The highest BCUT2D eigenvalue weighted by Crippen LogP contribution is 2.33. The van der Waals surface area contributed by atoms with Crippen molar-refractivity contribution in [3.8, 4) is 0 Å². The van der Waals surface area contributed by atoms with Crippen LogP contribution in [0.2, 0.25) is 0 Å². The highest BCUT2D eigenvalue weighted by atomic mass is 16.3. The lowest BCUT2D eigenvalue weighted by Gasteiger charge is -2.36. The molecule has 0 aromatic rings. The van der Waals surface area contributed by atoms with Crippen LogP contribution >= 0.6 is 0 Å². The zero-order valence-electron chi connectivity index (χ0n) is 7.62. The maximum absolute atomic E-state index is 9.59. The minimum absolute atomic E-state index is 0.346. The van der Waals surface area contributed by atoms with Crippen LogP contribution in [0.5, 0.6) is 0 Å². The van der Waals surface area contributed by atoms with Crippen LogP contribution in [0.3, 0.4) is 0 Å². The van der Waals surface area contributed by atoms with Gasteiger partial charge in [-0.3, -0.25) is 0 Å². The van der Waals surface area contributed by atoms with E-state index >= 15 is 0 Å². The molecule has 0 saturated heterocycles. The molecule has 0 amide bonds. The van der Waals surface area contributed by atoms with Gasteiger partial charge in [-0.15, -0.1) is 0 Å². The Morgan fingerprint density at radius 1 is 1.58 bits per heavy atom. The van der Waals surface area contributed by atoms with Gasteiger partial charge in [0.15, 0.2) is 0 Å². The lowest BCUT2D eigenvalue weighted by atomic mass is 9.75. The molecule has 1 aliphatic rings. The van der Waals surface area contributed by atoms with Crippen LogP contribution in [0, 0.1) is 5.41 Å². The Kier molecular flexibility index (Phi) is 2.40. The number of hydrogen-bond donors (Lipinski definition) is 2. The van der Waals surface area contributed by atoms with Crippen molar-refractivity contribution in [3.63, 3.8) is 0 Å². The normalized spacial score (nSPS) is 34.2. The molecule has 0 spiro atoms. The Labute approximate surface area is 73.2 Å². The zero-order valence-corrected chi connectivity index (χ0v) is 7.62. The molecule has 68 valence electrons. The maximum Gasteiger partial charge on any atom is 0.0887 e. The summed E-state index contributed by atoms with van der Waals surface area (Å²) >= 11 is 0. The van der Waals surface area contributed by atoms with E-state index in [0.29, 0.717) is 6.42 Å². The smallest absolute Gasteiger partial charge is 0.0887 e. The largest absolute Gasteiger partial charge is 0.390 e. The SMILES string of the molecule is C=CC1=CC(C)(C)[C@H](O)C(O)C1. The number of aliphatic hydroxyl groups excluding tert-OH is 2. The fraction of sp³-hybridized carbons (Fsp3) is 0.600. The van der Waals surface area contributed by atoms with Crippen molar-refractivity contribution in [1.29, 1.82) is 0 Å². The van der Waals surface area contributed by atoms with Crippen molar-refractivity contribution in [2.24, 2.45) is 5.41 Å². The fourth-order valence-electron chi connectivity index (χ4n) is 1.61. The molecule has 0 aromatic heterocycles. The zero-order chi connectivity index (χ0) is 9.35. The molecule has 12 heavy (non-hydrogen) atoms. The van der Waals surface area contributed by atoms with Gasteiger partial charge in [-0.1, -0.05) is 32.6 Å². The minimum atomic E-state index is -0.666. The second kappa shape index (κ2) is 3.04. The monoisotopic (exact) mass is 168 g/mol. The molecular weight excluding hydrogens is 152 g/mol. The molecule has 2 N–H and O–H groups in total. The number of allylic oxidation sites excluding steroid dienone is 1. The first-order chi connectivity index (χ1) is 5.47. The van der Waals surface area contributed by atoms with Crippen LogP contribution in [0.4, 0.5) is 0 Å². The van der Waals surface area contributed by atoms with E-state index in [1.54, 1.807) is 6.08 Å². The van der Waals surface area contributed by atoms with Gasteiger partial charge >= 0.3 is 0 Å². The molecule has 0 fully saturated rings. The number of hydrogen-bond acceptors (Lipinski definition) is 2. The lowest BCUT2D eigenvalue weighted by Crippen LogP contribution is -2.41. The van der Waals surface area contributed by atoms with E-state index in [-0.39, 0.29) is 5.41 Å². The summed E-state index contributed by atoms with van der Waals surface area (Å²) in [6, 6.07) is 0. The summed E-state index contributed by atoms with van der Waals surface area (Å²) in [6.45, 7) is 7.46. The van der Waals surface area contributed by atoms with Crippen molar-refractivity contribution in [1.82, 2.24) is 0 Å². The summed E-state index contributed by atoms with van der Waals surface area (Å²) in [5.74, 6) is 0. The fourth-order valence-corrected chi connectivity index (χ4v) is 1.61. The molecule has 1 aliphatic carbocycles. The average molecular weight is 168 g/mol. The highest BCUT2D eigenvalue weighted by molar-refractivity contribution is 5.25. The third-order valence-corrected chi connectivity index (χ3v) is 2.39. The van der Waals surface area contributed by atoms with Gasteiger partial charge in [0, 0.05) is 11.8 Å². The summed E-state index contributed by atoms with van der Waals surface area (Å²) in [7, 11) is 0. The molecule has 0 heterocycles. The topological polar surface area (TPSA) is 40.5 Å². The predicted octanol–water partition coefficient (Wildman–Crippen LogP) is 1.25. The van der Waals surface area contributed by atoms with Gasteiger partial charge in [0.2, 0.25) is 0 Å². The summed E-state index contributed by atoms with van der Waals surface area (Å²) < 4.78 is 0. The van der Waals surface area contributed by atoms with Crippen LogP contribution in [0.25, 0.3) is 0 Å². The van der Waals surface area contributed by atoms with E-state index in [0.717, 1.165) is 5.57 Å². The predicted molar refractivity (Wildman–Crippen MR) is 48.7 cm³/mol. The molecular formula is C10H16O2. The Hall–Kier alpha value is -0.600. The Morgan fingerprint density at radius 2 is 2.17 bits per heavy atom. The van der Waals surface area contributed by atoms with Crippen LogP contribution < -0.4 is 0 Å². The third-order valence-electron chi connectivity index (χ3n) is 2.39. The van der Waals surface area contributed by atoms with Gasteiger partial charge in [-0.2, -0.15) is 0 Å². The quantitative estimate of drug-likeness (QED) is 0.618. The Balaban J connectivity index is 2.94. The standard InChI is InChI=1S/C10H16O2/c1-4-7-5-8(11)9(12)10(2,3)6-7/h4,6,8-9,11-12H,1,5H2,2-3H3/t8?,9-/m1/s1. The van der Waals surface area contributed by atoms with E-state index < -0.39 is 12.2 Å². The lowest BCUT2D eigenvalue weighted by molar-refractivity contribution is -0.0395. The van der Waals surface area contributed by atoms with E-state index in [4.69, 9.17) is 0 Å². The second-order valence-electron chi connectivity index (χ2n) is 3.96. The summed E-state index contributed by atoms with van der Waals surface area (Å²) in [5.41, 5.74) is 0.666. The van der Waals surface area contributed by atoms with Crippen molar-refractivity contribution < 1.29 is 10.2 Å². The van der Waals surface area contributed by atoms with Gasteiger partial charge < -0.3 is 10.2 Å². The number of rotatable bonds is 1. The van der Waals surface area contributed by atoms with Crippen molar-refractivity contribution >= 4 is 0 Å². The number of aliphatic hydroxyl groups is 2. The highest BCUT2D eigenvalue weighted by Gasteiger charge is 2.35. The van der Waals surface area contributed by atoms with Crippen molar-refractivity contribution in [2.45, 2.75) is 32.5 Å². The molecule has 2 nitrogen and oxygen atoms in total. The molecule has 0 aromatic carbocycles. The van der Waals surface area contributed by atoms with Gasteiger partial charge in [0.05, 0.1) is 12.2 Å². The molecule has 1 unspecified atom stereocenters. The Morgan fingerprint density at radius 3 is 2.58 bits per heavy atom. The average Bonchev–Trinajstić information content (AvgIpc) is 1.99. The van der Waals surface area contributed by atoms with E-state index in [9.17, 15) is 10.2 Å². The molecule has 0 radical (unpaired) electrons. The van der Waals surface area contributed by atoms with Gasteiger partial charge in [0.25, 0.3) is 0 Å². The first kappa shape index (κ1) is 9.49. The molecule has 2 heteroatoms. The summed E-state index contributed by atoms with van der Waals surface area (Å²) in [5, 5.41) is 19.1. The van der Waals surface area contributed by atoms with Crippen molar-refractivity contribution in [3.05, 3.63) is 24.3 Å². The van der Waals surface area contributed by atoms with E-state index in [1.807, 2.05) is 19.9 Å². The van der Waals surface area contributed by atoms with Crippen LogP contribution in [-0.4, -0.2) is 22.4 Å². The van der Waals surface area contributed by atoms with Crippen LogP contribution in [0.15, 0.2) is 24.3 Å². The van der Waals surface area contributed by atoms with Gasteiger partial charge in [0.1, 0.15) is 0 Å². The maximum atomic E-state index is 9.59. The molecule has 0 saturated carbocycles.